The number of nitrogens with two attached hydrogens (primary N) is 1. The van der Waals surface area contributed by atoms with Crippen molar-refractivity contribution in [2.45, 2.75) is 51.0 Å². The second kappa shape index (κ2) is 10.6. The van der Waals surface area contributed by atoms with Gasteiger partial charge in [-0.05, 0) is 25.2 Å². The first kappa shape index (κ1) is 17.7. The van der Waals surface area contributed by atoms with E-state index < -0.39 is 0 Å². The molecule has 1 amide bonds. The summed E-state index contributed by atoms with van der Waals surface area (Å²) >= 11 is 0. The van der Waals surface area contributed by atoms with E-state index in [0.717, 1.165) is 6.42 Å². The normalized spacial score (nSPS) is 17.9. The average molecular weight is 279 g/mol. The minimum absolute atomic E-state index is 0. The molecule has 1 rings (SSSR count). The summed E-state index contributed by atoms with van der Waals surface area (Å²) in [7, 11) is 1.66. The molecule has 5 heteroatoms. The molecule has 108 valence electrons. The van der Waals surface area contributed by atoms with Crippen LogP contribution in [0, 0.1) is 5.92 Å². The van der Waals surface area contributed by atoms with Gasteiger partial charge in [0, 0.05) is 32.7 Å². The minimum atomic E-state index is 0. The van der Waals surface area contributed by atoms with Gasteiger partial charge in [0.25, 0.3) is 0 Å². The lowest BCUT2D eigenvalue weighted by Gasteiger charge is -2.30. The Morgan fingerprint density at radius 1 is 1.39 bits per heavy atom. The van der Waals surface area contributed by atoms with E-state index in [9.17, 15) is 4.79 Å². The van der Waals surface area contributed by atoms with Crippen LogP contribution in [0.2, 0.25) is 0 Å². The molecular weight excluding hydrogens is 252 g/mol. The molecule has 0 aromatic heterocycles. The van der Waals surface area contributed by atoms with Crippen LogP contribution in [0.5, 0.6) is 0 Å². The van der Waals surface area contributed by atoms with Gasteiger partial charge in [-0.3, -0.25) is 4.79 Å². The fourth-order valence-electron chi connectivity index (χ4n) is 2.56. The highest BCUT2D eigenvalue weighted by molar-refractivity contribution is 5.85. The Bertz CT molecular complexity index is 221. The number of carbonyl (C=O) groups is 1. The van der Waals surface area contributed by atoms with Crippen LogP contribution >= 0.6 is 12.4 Å². The summed E-state index contributed by atoms with van der Waals surface area (Å²) in [6, 6.07) is 0.172. The molecule has 1 saturated carbocycles. The van der Waals surface area contributed by atoms with Crippen LogP contribution < -0.4 is 11.1 Å². The first-order chi connectivity index (χ1) is 8.27. The Kier molecular flexibility index (Phi) is 10.4. The van der Waals surface area contributed by atoms with Gasteiger partial charge in [-0.2, -0.15) is 0 Å². The van der Waals surface area contributed by atoms with Crippen molar-refractivity contribution in [1.29, 1.82) is 0 Å². The standard InChI is InChI=1S/C13H26N2O2.ClH/c1-17-9-5-8-13(16)15-12(10-14)11-6-3-2-4-7-11;/h11-12H,2-10,14H2,1H3,(H,15,16);1H. The van der Waals surface area contributed by atoms with Crippen LogP contribution in [0.1, 0.15) is 44.9 Å². The summed E-state index contributed by atoms with van der Waals surface area (Å²) in [5, 5.41) is 3.08. The lowest BCUT2D eigenvalue weighted by atomic mass is 9.84. The Morgan fingerprint density at radius 2 is 2.06 bits per heavy atom. The fourth-order valence-corrected chi connectivity index (χ4v) is 2.56. The van der Waals surface area contributed by atoms with Gasteiger partial charge in [0.15, 0.2) is 0 Å². The summed E-state index contributed by atoms with van der Waals surface area (Å²) in [6.07, 6.45) is 7.62. The quantitative estimate of drug-likeness (QED) is 0.699. The van der Waals surface area contributed by atoms with Gasteiger partial charge in [0.1, 0.15) is 0 Å². The molecule has 0 aromatic rings. The third kappa shape index (κ3) is 6.57. The van der Waals surface area contributed by atoms with Crippen LogP contribution in [0.3, 0.4) is 0 Å². The highest BCUT2D eigenvalue weighted by Crippen LogP contribution is 2.26. The van der Waals surface area contributed by atoms with Gasteiger partial charge in [-0.1, -0.05) is 19.3 Å². The van der Waals surface area contributed by atoms with E-state index in [0.29, 0.717) is 25.5 Å². The third-order valence-electron chi connectivity index (χ3n) is 3.57. The van der Waals surface area contributed by atoms with Gasteiger partial charge >= 0.3 is 0 Å². The van der Waals surface area contributed by atoms with Crippen molar-refractivity contribution in [2.75, 3.05) is 20.3 Å². The number of nitrogens with one attached hydrogen (secondary N) is 1. The van der Waals surface area contributed by atoms with E-state index in [2.05, 4.69) is 5.32 Å². The van der Waals surface area contributed by atoms with E-state index in [1.165, 1.54) is 32.1 Å². The fraction of sp³-hybridized carbons (Fsp3) is 0.923. The number of methoxy groups -OCH3 is 1. The van der Waals surface area contributed by atoms with Crippen molar-refractivity contribution < 1.29 is 9.53 Å². The zero-order chi connectivity index (χ0) is 12.5. The number of halogens is 1. The Hall–Kier alpha value is -0.320. The van der Waals surface area contributed by atoms with E-state index in [1.807, 2.05) is 0 Å². The summed E-state index contributed by atoms with van der Waals surface area (Å²) < 4.78 is 4.94. The smallest absolute Gasteiger partial charge is 0.220 e. The summed E-state index contributed by atoms with van der Waals surface area (Å²) in [6.45, 7) is 1.20. The molecule has 1 aliphatic rings. The summed E-state index contributed by atoms with van der Waals surface area (Å²) in [5.41, 5.74) is 5.77. The minimum Gasteiger partial charge on any atom is -0.385 e. The van der Waals surface area contributed by atoms with E-state index >= 15 is 0 Å². The predicted molar refractivity (Wildman–Crippen MR) is 75.9 cm³/mol. The monoisotopic (exact) mass is 278 g/mol. The molecule has 0 spiro atoms. The number of ether oxygens (including phenoxy) is 1. The van der Waals surface area contributed by atoms with Gasteiger partial charge in [-0.25, -0.2) is 0 Å². The molecule has 0 saturated heterocycles. The second-order valence-corrected chi connectivity index (χ2v) is 4.90. The lowest BCUT2D eigenvalue weighted by Crippen LogP contribution is -2.45. The molecule has 0 aromatic carbocycles. The first-order valence-electron chi connectivity index (χ1n) is 6.76. The van der Waals surface area contributed by atoms with Crippen molar-refractivity contribution >= 4 is 18.3 Å². The maximum absolute atomic E-state index is 11.7. The predicted octanol–water partition coefficient (Wildman–Crippen LogP) is 1.86. The maximum atomic E-state index is 11.7. The SMILES string of the molecule is COCCCC(=O)NC(CN)C1CCCCC1.Cl. The van der Waals surface area contributed by atoms with Crippen LogP contribution in [0.4, 0.5) is 0 Å². The molecule has 1 unspecified atom stereocenters. The number of amides is 1. The summed E-state index contributed by atoms with van der Waals surface area (Å²) in [5.74, 6) is 0.697. The topological polar surface area (TPSA) is 64.3 Å². The first-order valence-corrected chi connectivity index (χ1v) is 6.76. The summed E-state index contributed by atoms with van der Waals surface area (Å²) in [4.78, 5) is 11.7. The van der Waals surface area contributed by atoms with Gasteiger partial charge in [-0.15, -0.1) is 12.4 Å². The number of hydrogen-bond acceptors (Lipinski definition) is 3. The van der Waals surface area contributed by atoms with E-state index in [-0.39, 0.29) is 24.4 Å². The van der Waals surface area contributed by atoms with Crippen molar-refractivity contribution in [2.24, 2.45) is 11.7 Å². The molecule has 0 bridgehead atoms. The molecule has 18 heavy (non-hydrogen) atoms. The highest BCUT2D eigenvalue weighted by Gasteiger charge is 2.23. The lowest BCUT2D eigenvalue weighted by molar-refractivity contribution is -0.122. The number of carbonyl (C=O) groups excluding carboxylic acids is 1. The molecule has 0 aliphatic heterocycles. The molecule has 1 fully saturated rings. The van der Waals surface area contributed by atoms with Crippen molar-refractivity contribution in [3.05, 3.63) is 0 Å². The second-order valence-electron chi connectivity index (χ2n) is 4.90. The van der Waals surface area contributed by atoms with Gasteiger partial charge < -0.3 is 15.8 Å². The van der Waals surface area contributed by atoms with Crippen molar-refractivity contribution in [3.63, 3.8) is 0 Å². The molecular formula is C13H27ClN2O2. The van der Waals surface area contributed by atoms with Gasteiger partial charge in [0.2, 0.25) is 5.91 Å². The van der Waals surface area contributed by atoms with Crippen LogP contribution in [0.15, 0.2) is 0 Å². The Morgan fingerprint density at radius 3 is 2.61 bits per heavy atom. The molecule has 3 N–H and O–H groups in total. The van der Waals surface area contributed by atoms with Gasteiger partial charge in [0.05, 0.1) is 0 Å². The maximum Gasteiger partial charge on any atom is 0.220 e. The zero-order valence-electron chi connectivity index (χ0n) is 11.3. The molecule has 0 radical (unpaired) electrons. The highest BCUT2D eigenvalue weighted by atomic mass is 35.5. The van der Waals surface area contributed by atoms with Crippen molar-refractivity contribution in [3.8, 4) is 0 Å². The molecule has 0 heterocycles. The molecule has 1 atom stereocenters. The number of hydrogen-bond donors (Lipinski definition) is 2. The largest absolute Gasteiger partial charge is 0.385 e. The average Bonchev–Trinajstić information content (AvgIpc) is 2.37. The zero-order valence-corrected chi connectivity index (χ0v) is 12.1. The molecule has 4 nitrogen and oxygen atoms in total. The van der Waals surface area contributed by atoms with Crippen LogP contribution in [-0.2, 0) is 9.53 Å². The molecule has 1 aliphatic carbocycles. The van der Waals surface area contributed by atoms with Crippen molar-refractivity contribution in [1.82, 2.24) is 5.32 Å². The Balaban J connectivity index is 0.00000289. The Labute approximate surface area is 116 Å². The third-order valence-corrected chi connectivity index (χ3v) is 3.57. The van der Waals surface area contributed by atoms with E-state index in [1.54, 1.807) is 7.11 Å². The number of rotatable bonds is 7. The van der Waals surface area contributed by atoms with E-state index in [4.69, 9.17) is 10.5 Å². The van der Waals surface area contributed by atoms with Crippen LogP contribution in [-0.4, -0.2) is 32.2 Å². The van der Waals surface area contributed by atoms with Crippen LogP contribution in [0.25, 0.3) is 0 Å².